The number of anilines is 1. The number of ether oxygens (including phenoxy) is 1. The van der Waals surface area contributed by atoms with Gasteiger partial charge in [0.2, 0.25) is 11.9 Å². The molecule has 0 aliphatic carbocycles. The van der Waals surface area contributed by atoms with Crippen LogP contribution in [0.25, 0.3) is 5.78 Å². The van der Waals surface area contributed by atoms with Gasteiger partial charge in [0, 0.05) is 38.2 Å². The van der Waals surface area contributed by atoms with E-state index in [9.17, 15) is 13.6 Å². The van der Waals surface area contributed by atoms with Gasteiger partial charge in [-0.25, -0.2) is 13.8 Å². The van der Waals surface area contributed by atoms with Gasteiger partial charge in [-0.15, -0.1) is 5.10 Å². The van der Waals surface area contributed by atoms with E-state index in [0.29, 0.717) is 30.4 Å². The molecule has 1 amide bonds. The molecule has 0 bridgehead atoms. The Hall–Kier alpha value is -3.30. The van der Waals surface area contributed by atoms with Gasteiger partial charge in [0.1, 0.15) is 5.75 Å². The van der Waals surface area contributed by atoms with Crippen LogP contribution in [0.4, 0.5) is 14.7 Å². The maximum Gasteiger partial charge on any atom is 0.267 e. The van der Waals surface area contributed by atoms with E-state index in [1.165, 1.54) is 19.2 Å². The summed E-state index contributed by atoms with van der Waals surface area (Å²) < 4.78 is 33.3. The third kappa shape index (κ3) is 4.49. The average Bonchev–Trinajstić information content (AvgIpc) is 3.19. The van der Waals surface area contributed by atoms with E-state index in [1.807, 2.05) is 17.9 Å². The fourth-order valence-corrected chi connectivity index (χ4v) is 4.12. The molecule has 0 saturated carbocycles. The molecular formula is C22H26F2N6O2. The lowest BCUT2D eigenvalue weighted by atomic mass is 9.93. The molecule has 2 aromatic heterocycles. The number of benzene rings is 1. The van der Waals surface area contributed by atoms with Crippen molar-refractivity contribution in [3.8, 4) is 5.75 Å². The molecule has 0 unspecified atom stereocenters. The van der Waals surface area contributed by atoms with E-state index in [4.69, 9.17) is 4.74 Å². The summed E-state index contributed by atoms with van der Waals surface area (Å²) in [6.07, 6.45) is -0.922. The van der Waals surface area contributed by atoms with Crippen LogP contribution in [-0.4, -0.2) is 50.6 Å². The van der Waals surface area contributed by atoms with E-state index in [1.54, 1.807) is 17.5 Å². The number of piperidine rings is 1. The van der Waals surface area contributed by atoms with Crippen LogP contribution in [0.15, 0.2) is 24.3 Å². The summed E-state index contributed by atoms with van der Waals surface area (Å²) in [4.78, 5) is 22.4. The zero-order chi connectivity index (χ0) is 22.8. The Bertz CT molecular complexity index is 1130. The molecule has 3 heterocycles. The van der Waals surface area contributed by atoms with E-state index in [0.717, 1.165) is 24.2 Å². The van der Waals surface area contributed by atoms with Crippen molar-refractivity contribution in [1.29, 1.82) is 0 Å². The Morgan fingerprint density at radius 2 is 2.00 bits per heavy atom. The van der Waals surface area contributed by atoms with Gasteiger partial charge < -0.3 is 15.0 Å². The van der Waals surface area contributed by atoms with Crippen LogP contribution in [0.1, 0.15) is 54.6 Å². The minimum absolute atomic E-state index is 0.0975. The summed E-state index contributed by atoms with van der Waals surface area (Å²) in [5, 5.41) is 7.67. The number of amides is 1. The summed E-state index contributed by atoms with van der Waals surface area (Å²) in [6, 6.07) is 6.69. The lowest BCUT2D eigenvalue weighted by Gasteiger charge is -2.31. The van der Waals surface area contributed by atoms with Crippen LogP contribution in [0, 0.1) is 6.92 Å². The van der Waals surface area contributed by atoms with E-state index in [2.05, 4.69) is 20.4 Å². The number of carbonyl (C=O) groups excluding carboxylic acids is 1. The van der Waals surface area contributed by atoms with Crippen LogP contribution in [-0.2, 0) is 11.3 Å². The highest BCUT2D eigenvalue weighted by Gasteiger charge is 2.25. The number of aryl methyl sites for hydroxylation is 1. The Labute approximate surface area is 184 Å². The van der Waals surface area contributed by atoms with Crippen molar-refractivity contribution in [2.45, 2.75) is 45.6 Å². The van der Waals surface area contributed by atoms with E-state index in [-0.39, 0.29) is 29.7 Å². The Kier molecular flexibility index (Phi) is 6.20. The van der Waals surface area contributed by atoms with Gasteiger partial charge in [0.15, 0.2) is 0 Å². The van der Waals surface area contributed by atoms with Crippen LogP contribution in [0.2, 0.25) is 0 Å². The molecule has 1 aliphatic heterocycles. The number of methoxy groups -OCH3 is 1. The highest BCUT2D eigenvalue weighted by atomic mass is 19.3. The van der Waals surface area contributed by atoms with Gasteiger partial charge >= 0.3 is 0 Å². The van der Waals surface area contributed by atoms with Gasteiger partial charge in [-0.3, -0.25) is 4.79 Å². The minimum atomic E-state index is -2.62. The maximum absolute atomic E-state index is 13.3. The first-order chi connectivity index (χ1) is 15.4. The van der Waals surface area contributed by atoms with Crippen molar-refractivity contribution in [2.75, 3.05) is 25.5 Å². The predicted octanol–water partition coefficient (Wildman–Crippen LogP) is 3.72. The third-order valence-electron chi connectivity index (χ3n) is 5.81. The molecule has 170 valence electrons. The lowest BCUT2D eigenvalue weighted by molar-refractivity contribution is -0.129. The molecule has 8 nitrogen and oxygen atoms in total. The first-order valence-electron chi connectivity index (χ1n) is 10.5. The number of likely N-dealkylation sites (tertiary alicyclic amines) is 1. The summed E-state index contributed by atoms with van der Waals surface area (Å²) in [5.74, 6) is 1.37. The third-order valence-corrected chi connectivity index (χ3v) is 5.81. The fourth-order valence-electron chi connectivity index (χ4n) is 4.12. The number of nitrogens with one attached hydrogen (secondary N) is 1. The molecule has 0 atom stereocenters. The fraction of sp³-hybridized carbons (Fsp3) is 0.455. The van der Waals surface area contributed by atoms with Gasteiger partial charge in [-0.2, -0.15) is 9.50 Å². The van der Waals surface area contributed by atoms with Crippen molar-refractivity contribution in [3.05, 3.63) is 46.8 Å². The normalized spacial score (nSPS) is 14.9. The number of rotatable bonds is 6. The smallest absolute Gasteiger partial charge is 0.267 e. The minimum Gasteiger partial charge on any atom is -0.496 e. The topological polar surface area (TPSA) is 84.6 Å². The molecule has 1 fully saturated rings. The van der Waals surface area contributed by atoms with Crippen LogP contribution in [0.3, 0.4) is 0 Å². The first kappa shape index (κ1) is 21.9. The van der Waals surface area contributed by atoms with E-state index >= 15 is 0 Å². The summed E-state index contributed by atoms with van der Waals surface area (Å²) in [5.41, 5.74) is 2.38. The monoisotopic (exact) mass is 444 g/mol. The lowest BCUT2D eigenvalue weighted by Crippen LogP contribution is -2.36. The zero-order valence-corrected chi connectivity index (χ0v) is 18.3. The molecule has 1 saturated heterocycles. The van der Waals surface area contributed by atoms with Gasteiger partial charge in [0.25, 0.3) is 12.2 Å². The van der Waals surface area contributed by atoms with Gasteiger partial charge in [-0.1, -0.05) is 6.07 Å². The largest absolute Gasteiger partial charge is 0.496 e. The van der Waals surface area contributed by atoms with Crippen molar-refractivity contribution in [2.24, 2.45) is 0 Å². The molecule has 1 aromatic carbocycles. The van der Waals surface area contributed by atoms with E-state index < -0.39 is 6.43 Å². The molecule has 4 rings (SSSR count). The number of alkyl halides is 2. The van der Waals surface area contributed by atoms with Crippen LogP contribution >= 0.6 is 0 Å². The van der Waals surface area contributed by atoms with Gasteiger partial charge in [0.05, 0.1) is 18.4 Å². The number of hydrogen-bond acceptors (Lipinski definition) is 6. The van der Waals surface area contributed by atoms with Gasteiger partial charge in [-0.05, 0) is 43.5 Å². The highest BCUT2D eigenvalue weighted by molar-refractivity contribution is 5.73. The standard InChI is InChI=1S/C22H26F2N6O2/c1-13-10-18(16-6-8-29(9-7-16)14(2)31)30-22(26-13)27-21(28-30)25-12-15-4-5-19(32-3)17(11-15)20(23)24/h4-5,10-11,16,20H,6-9,12H2,1-3H3,(H,25,28). The molecule has 3 aromatic rings. The van der Waals surface area contributed by atoms with Crippen LogP contribution < -0.4 is 10.1 Å². The van der Waals surface area contributed by atoms with Crippen molar-refractivity contribution in [1.82, 2.24) is 24.5 Å². The zero-order valence-electron chi connectivity index (χ0n) is 18.3. The second-order valence-corrected chi connectivity index (χ2v) is 7.98. The highest BCUT2D eigenvalue weighted by Crippen LogP contribution is 2.30. The number of fused-ring (bicyclic) bond motifs is 1. The summed E-state index contributed by atoms with van der Waals surface area (Å²) in [7, 11) is 1.37. The summed E-state index contributed by atoms with van der Waals surface area (Å²) >= 11 is 0. The molecule has 0 spiro atoms. The van der Waals surface area contributed by atoms with Crippen molar-refractivity contribution >= 4 is 17.6 Å². The average molecular weight is 444 g/mol. The second-order valence-electron chi connectivity index (χ2n) is 7.98. The number of carbonyl (C=O) groups is 1. The maximum atomic E-state index is 13.3. The molecule has 32 heavy (non-hydrogen) atoms. The van der Waals surface area contributed by atoms with Crippen molar-refractivity contribution < 1.29 is 18.3 Å². The molecule has 1 N–H and O–H groups in total. The Balaban J connectivity index is 1.54. The molecule has 0 radical (unpaired) electrons. The summed E-state index contributed by atoms with van der Waals surface area (Å²) in [6.45, 7) is 5.22. The SMILES string of the molecule is COc1ccc(CNc2nc3nc(C)cc(C4CCN(C(C)=O)CC4)n3n2)cc1C(F)F. The quantitative estimate of drug-likeness (QED) is 0.624. The molecule has 1 aliphatic rings. The van der Waals surface area contributed by atoms with Crippen LogP contribution in [0.5, 0.6) is 5.75 Å². The predicted molar refractivity (Wildman–Crippen MR) is 115 cm³/mol. The first-order valence-corrected chi connectivity index (χ1v) is 10.5. The molecule has 10 heteroatoms. The number of nitrogens with zero attached hydrogens (tertiary/aromatic N) is 5. The second kappa shape index (κ2) is 9.05. The number of hydrogen-bond donors (Lipinski definition) is 1. The Morgan fingerprint density at radius 1 is 1.25 bits per heavy atom. The number of aromatic nitrogens is 4. The molecular weight excluding hydrogens is 418 g/mol. The number of halogens is 2. The Morgan fingerprint density at radius 3 is 2.66 bits per heavy atom. The van der Waals surface area contributed by atoms with Crippen molar-refractivity contribution in [3.63, 3.8) is 0 Å².